The molecule has 1 atom stereocenters. The molecule has 0 radical (unpaired) electrons. The van der Waals surface area contributed by atoms with Crippen LogP contribution in [0.2, 0.25) is 0 Å². The van der Waals surface area contributed by atoms with Gasteiger partial charge in [-0.15, -0.1) is 0 Å². The maximum Gasteiger partial charge on any atom is 0.306 e. The maximum atomic E-state index is 11.7. The average molecular weight is 614 g/mol. The van der Waals surface area contributed by atoms with E-state index in [1.54, 1.807) is 42.5 Å². The van der Waals surface area contributed by atoms with Crippen molar-refractivity contribution in [3.05, 3.63) is 83.4 Å². The van der Waals surface area contributed by atoms with Gasteiger partial charge >= 0.3 is 20.2 Å². The Hall–Kier alpha value is -3.54. The van der Waals surface area contributed by atoms with Gasteiger partial charge < -0.3 is 17.8 Å². The van der Waals surface area contributed by atoms with Gasteiger partial charge in [-0.05, 0) is 86.0 Å². The minimum absolute atomic E-state index is 0.158. The molecule has 11 heteroatoms. The molecule has 1 fully saturated rings. The zero-order chi connectivity index (χ0) is 29.9. The van der Waals surface area contributed by atoms with Gasteiger partial charge in [-0.1, -0.05) is 30.7 Å². The second-order valence-electron chi connectivity index (χ2n) is 10.6. The molecule has 0 amide bonds. The van der Waals surface area contributed by atoms with Gasteiger partial charge in [0.15, 0.2) is 0 Å². The third-order valence-corrected chi connectivity index (χ3v) is 8.23. The van der Waals surface area contributed by atoms with Gasteiger partial charge in [-0.25, -0.2) is 0 Å². The topological polar surface area (TPSA) is 108 Å². The van der Waals surface area contributed by atoms with Crippen LogP contribution in [0.15, 0.2) is 66.7 Å². The largest absolute Gasteiger partial charge is 0.492 e. The standard InChI is InChI=1S/C31H35NO8S2/c1-22-28-16-15-27(40-42(3,35)36)21-29(28)38-31(30(22)23-7-13-26(14-8-23)39-41(2,33)34)24-9-11-25(12-10-24)37-20-19-32-17-5-4-6-18-32/h7-16,21,31H,4-6,17-20H2,1-3H3. The summed E-state index contributed by atoms with van der Waals surface area (Å²) in [5.41, 5.74) is 4.28. The Morgan fingerprint density at radius 1 is 0.786 bits per heavy atom. The number of piperidine rings is 1. The number of hydrogen-bond donors (Lipinski definition) is 0. The molecular formula is C31H35NO8S2. The highest BCUT2D eigenvalue weighted by Crippen LogP contribution is 2.47. The zero-order valence-electron chi connectivity index (χ0n) is 23.9. The number of nitrogens with zero attached hydrogens (tertiary/aromatic N) is 1. The predicted molar refractivity (Wildman–Crippen MR) is 162 cm³/mol. The SMILES string of the molecule is CC1=C(c2ccc(OS(C)(=O)=O)cc2)C(c2ccc(OCCN3CCCCC3)cc2)Oc2cc(OS(C)(=O)=O)ccc21. The Balaban J connectivity index is 1.44. The van der Waals surface area contributed by atoms with Crippen LogP contribution in [0.1, 0.15) is 49.0 Å². The Kier molecular flexibility index (Phi) is 8.81. The molecular weight excluding hydrogens is 578 g/mol. The fraction of sp³-hybridized carbons (Fsp3) is 0.355. The van der Waals surface area contributed by atoms with E-state index in [0.29, 0.717) is 12.4 Å². The van der Waals surface area contributed by atoms with E-state index in [0.717, 1.165) is 65.7 Å². The van der Waals surface area contributed by atoms with Crippen LogP contribution in [0.3, 0.4) is 0 Å². The Morgan fingerprint density at radius 2 is 1.38 bits per heavy atom. The molecule has 9 nitrogen and oxygen atoms in total. The number of hydrogen-bond acceptors (Lipinski definition) is 9. The van der Waals surface area contributed by atoms with Gasteiger partial charge in [0.25, 0.3) is 0 Å². The normalized spacial score (nSPS) is 17.7. The quantitative estimate of drug-likeness (QED) is 0.282. The molecule has 3 aromatic carbocycles. The van der Waals surface area contributed by atoms with Crippen molar-refractivity contribution in [3.8, 4) is 23.0 Å². The van der Waals surface area contributed by atoms with Gasteiger partial charge in [0, 0.05) is 23.7 Å². The van der Waals surface area contributed by atoms with Gasteiger partial charge in [-0.3, -0.25) is 4.90 Å². The van der Waals surface area contributed by atoms with Crippen LogP contribution < -0.4 is 17.8 Å². The lowest BCUT2D eigenvalue weighted by Gasteiger charge is -2.31. The van der Waals surface area contributed by atoms with E-state index in [2.05, 4.69) is 4.90 Å². The van der Waals surface area contributed by atoms with Crippen LogP contribution in [-0.2, 0) is 20.2 Å². The number of ether oxygens (including phenoxy) is 2. The summed E-state index contributed by atoms with van der Waals surface area (Å²) in [4.78, 5) is 2.43. The predicted octanol–water partition coefficient (Wildman–Crippen LogP) is 5.29. The summed E-state index contributed by atoms with van der Waals surface area (Å²) in [6.45, 7) is 5.72. The van der Waals surface area contributed by atoms with Crippen molar-refractivity contribution in [2.24, 2.45) is 0 Å². The first-order valence-corrected chi connectivity index (χ1v) is 17.4. The van der Waals surface area contributed by atoms with Crippen molar-refractivity contribution in [3.63, 3.8) is 0 Å². The molecule has 2 heterocycles. The molecule has 2 aliphatic rings. The van der Waals surface area contributed by atoms with E-state index < -0.39 is 26.3 Å². The molecule has 42 heavy (non-hydrogen) atoms. The van der Waals surface area contributed by atoms with Crippen LogP contribution in [-0.4, -0.2) is 60.5 Å². The fourth-order valence-corrected chi connectivity index (χ4v) is 6.26. The summed E-state index contributed by atoms with van der Waals surface area (Å²) >= 11 is 0. The monoisotopic (exact) mass is 613 g/mol. The molecule has 0 aromatic heterocycles. The molecule has 0 spiro atoms. The van der Waals surface area contributed by atoms with Crippen molar-refractivity contribution in [1.82, 2.24) is 4.90 Å². The highest BCUT2D eigenvalue weighted by atomic mass is 32.2. The molecule has 1 unspecified atom stereocenters. The summed E-state index contributed by atoms with van der Waals surface area (Å²) in [6.07, 6.45) is 5.22. The van der Waals surface area contributed by atoms with Gasteiger partial charge in [0.2, 0.25) is 0 Å². The van der Waals surface area contributed by atoms with Crippen LogP contribution in [0.4, 0.5) is 0 Å². The lowest BCUT2D eigenvalue weighted by Crippen LogP contribution is -2.33. The fourth-order valence-electron chi connectivity index (χ4n) is 5.35. The van der Waals surface area contributed by atoms with Crippen molar-refractivity contribution < 1.29 is 34.7 Å². The summed E-state index contributed by atoms with van der Waals surface area (Å²) in [6, 6.07) is 19.5. The highest BCUT2D eigenvalue weighted by Gasteiger charge is 2.30. The first kappa shape index (κ1) is 29.9. The second-order valence-corrected chi connectivity index (χ2v) is 13.8. The van der Waals surface area contributed by atoms with E-state index in [-0.39, 0.29) is 11.5 Å². The number of likely N-dealkylation sites (tertiary alicyclic amines) is 1. The van der Waals surface area contributed by atoms with E-state index >= 15 is 0 Å². The van der Waals surface area contributed by atoms with E-state index in [1.165, 1.54) is 19.3 Å². The zero-order valence-corrected chi connectivity index (χ0v) is 25.5. The number of fused-ring (bicyclic) bond motifs is 1. The van der Waals surface area contributed by atoms with Crippen LogP contribution in [0, 0.1) is 0 Å². The number of benzene rings is 3. The molecule has 0 bridgehead atoms. The van der Waals surface area contributed by atoms with Crippen molar-refractivity contribution in [2.75, 3.05) is 38.8 Å². The lowest BCUT2D eigenvalue weighted by molar-refractivity contribution is 0.183. The molecule has 3 aromatic rings. The van der Waals surface area contributed by atoms with Crippen LogP contribution in [0.5, 0.6) is 23.0 Å². The van der Waals surface area contributed by atoms with Gasteiger partial charge in [0.05, 0.1) is 12.5 Å². The molecule has 0 N–H and O–H groups in total. The van der Waals surface area contributed by atoms with E-state index in [1.807, 2.05) is 31.2 Å². The average Bonchev–Trinajstić information content (AvgIpc) is 2.93. The van der Waals surface area contributed by atoms with Crippen molar-refractivity contribution in [2.45, 2.75) is 32.3 Å². The van der Waals surface area contributed by atoms with E-state index in [4.69, 9.17) is 17.8 Å². The molecule has 5 rings (SSSR count). The second kappa shape index (κ2) is 12.4. The number of allylic oxidation sites excluding steroid dienone is 1. The van der Waals surface area contributed by atoms with Crippen LogP contribution in [0.25, 0.3) is 11.1 Å². The Bertz CT molecular complexity index is 1660. The van der Waals surface area contributed by atoms with Gasteiger partial charge in [0.1, 0.15) is 35.7 Å². The summed E-state index contributed by atoms with van der Waals surface area (Å²) in [7, 11) is -7.37. The van der Waals surface area contributed by atoms with Crippen molar-refractivity contribution in [1.29, 1.82) is 0 Å². The van der Waals surface area contributed by atoms with Gasteiger partial charge in [-0.2, -0.15) is 16.8 Å². The first-order valence-electron chi connectivity index (χ1n) is 13.8. The molecule has 1 saturated heterocycles. The Morgan fingerprint density at radius 3 is 2.02 bits per heavy atom. The third kappa shape index (κ3) is 7.64. The lowest BCUT2D eigenvalue weighted by atomic mass is 9.86. The number of rotatable bonds is 10. The minimum atomic E-state index is -3.71. The first-order chi connectivity index (χ1) is 19.9. The molecule has 224 valence electrons. The molecule has 0 saturated carbocycles. The smallest absolute Gasteiger partial charge is 0.306 e. The van der Waals surface area contributed by atoms with E-state index in [9.17, 15) is 16.8 Å². The molecule has 2 aliphatic heterocycles. The van der Waals surface area contributed by atoms with Crippen LogP contribution >= 0.6 is 0 Å². The summed E-state index contributed by atoms with van der Waals surface area (Å²) in [5.74, 6) is 1.62. The summed E-state index contributed by atoms with van der Waals surface area (Å²) in [5, 5.41) is 0. The highest BCUT2D eigenvalue weighted by molar-refractivity contribution is 7.86. The summed E-state index contributed by atoms with van der Waals surface area (Å²) < 4.78 is 69.3. The maximum absolute atomic E-state index is 11.7. The third-order valence-electron chi connectivity index (χ3n) is 7.24. The Labute approximate surface area is 247 Å². The minimum Gasteiger partial charge on any atom is -0.492 e. The van der Waals surface area contributed by atoms with Crippen molar-refractivity contribution >= 4 is 31.4 Å². The molecule has 0 aliphatic carbocycles.